The summed E-state index contributed by atoms with van der Waals surface area (Å²) >= 11 is 0. The summed E-state index contributed by atoms with van der Waals surface area (Å²) in [5.74, 6) is -2.99. The van der Waals surface area contributed by atoms with E-state index in [9.17, 15) is 27.6 Å². The van der Waals surface area contributed by atoms with E-state index < -0.39 is 30.6 Å². The molecule has 2 amide bonds. The average Bonchev–Trinajstić information content (AvgIpc) is 2.71. The zero-order chi connectivity index (χ0) is 22.3. The number of hydrogen-bond donors (Lipinski definition) is 2. The highest BCUT2D eigenvalue weighted by Crippen LogP contribution is 2.29. The van der Waals surface area contributed by atoms with Crippen LogP contribution in [0.2, 0.25) is 0 Å². The largest absolute Gasteiger partial charge is 0.497 e. The molecule has 2 aromatic rings. The van der Waals surface area contributed by atoms with Crippen molar-refractivity contribution in [3.05, 3.63) is 48.0 Å². The van der Waals surface area contributed by atoms with Gasteiger partial charge in [-0.3, -0.25) is 9.59 Å². The zero-order valence-electron chi connectivity index (χ0n) is 15.8. The highest BCUT2D eigenvalue weighted by atomic mass is 19.4. The van der Waals surface area contributed by atoms with E-state index in [0.717, 1.165) is 6.07 Å². The Morgan fingerprint density at radius 3 is 2.33 bits per heavy atom. The normalized spacial score (nSPS) is 10.7. The maximum Gasteiger partial charge on any atom is 0.471 e. The first-order valence-corrected chi connectivity index (χ1v) is 8.31. The predicted molar refractivity (Wildman–Crippen MR) is 99.6 cm³/mol. The van der Waals surface area contributed by atoms with Crippen LogP contribution in [0.25, 0.3) is 0 Å². The van der Waals surface area contributed by atoms with Gasteiger partial charge in [0.2, 0.25) is 0 Å². The molecule has 160 valence electrons. The molecule has 8 nitrogen and oxygen atoms in total. The van der Waals surface area contributed by atoms with Gasteiger partial charge in [0.1, 0.15) is 11.5 Å². The Hall–Kier alpha value is -3.76. The number of carbonyl (C=O) groups is 3. The summed E-state index contributed by atoms with van der Waals surface area (Å²) < 4.78 is 52.0. The molecule has 2 aromatic carbocycles. The third kappa shape index (κ3) is 6.12. The molecule has 0 aliphatic heterocycles. The van der Waals surface area contributed by atoms with E-state index in [4.69, 9.17) is 14.2 Å². The van der Waals surface area contributed by atoms with Crippen molar-refractivity contribution in [1.82, 2.24) is 0 Å². The van der Waals surface area contributed by atoms with Crippen LogP contribution in [0.4, 0.5) is 24.5 Å². The number of esters is 1. The number of amides is 2. The summed E-state index contributed by atoms with van der Waals surface area (Å²) in [5, 5.41) is 4.12. The van der Waals surface area contributed by atoms with Crippen LogP contribution < -0.4 is 20.1 Å². The van der Waals surface area contributed by atoms with Gasteiger partial charge in [-0.05, 0) is 30.3 Å². The van der Waals surface area contributed by atoms with Crippen molar-refractivity contribution in [3.63, 3.8) is 0 Å². The van der Waals surface area contributed by atoms with Crippen molar-refractivity contribution >= 4 is 29.2 Å². The number of methoxy groups -OCH3 is 2. The number of halogens is 3. The molecule has 0 bridgehead atoms. The van der Waals surface area contributed by atoms with Gasteiger partial charge < -0.3 is 24.8 Å². The minimum atomic E-state index is -5.07. The third-order valence-corrected chi connectivity index (χ3v) is 3.63. The summed E-state index contributed by atoms with van der Waals surface area (Å²) in [6, 6.07) is 9.34. The van der Waals surface area contributed by atoms with Crippen molar-refractivity contribution in [1.29, 1.82) is 0 Å². The van der Waals surface area contributed by atoms with Crippen molar-refractivity contribution in [2.24, 2.45) is 0 Å². The van der Waals surface area contributed by atoms with E-state index in [1.54, 1.807) is 17.4 Å². The molecule has 0 aliphatic carbocycles. The van der Waals surface area contributed by atoms with E-state index in [-0.39, 0.29) is 11.3 Å². The molecule has 0 saturated carbocycles. The average molecular weight is 426 g/mol. The Labute approximate surface area is 168 Å². The smallest absolute Gasteiger partial charge is 0.471 e. The van der Waals surface area contributed by atoms with Crippen LogP contribution in [0.3, 0.4) is 0 Å². The standard InChI is InChI=1S/C19H17F3N2O6/c1-28-13-6-7-14(15(9-13)29-2)24-16(25)10-30-17(26)11-4-3-5-12(8-11)23-18(27)19(20,21)22/h3-9H,10H2,1-2H3,(H,23,27)(H,24,25). The second-order valence-corrected chi connectivity index (χ2v) is 5.72. The number of alkyl halides is 3. The molecule has 0 fully saturated rings. The molecule has 0 spiro atoms. The maximum absolute atomic E-state index is 12.3. The second-order valence-electron chi connectivity index (χ2n) is 5.72. The van der Waals surface area contributed by atoms with Gasteiger partial charge in [0.25, 0.3) is 5.91 Å². The van der Waals surface area contributed by atoms with E-state index in [1.807, 2.05) is 0 Å². The van der Waals surface area contributed by atoms with Crippen molar-refractivity contribution in [3.8, 4) is 11.5 Å². The Bertz CT molecular complexity index is 946. The molecular weight excluding hydrogens is 409 g/mol. The van der Waals surface area contributed by atoms with Crippen LogP contribution in [0.5, 0.6) is 11.5 Å². The van der Waals surface area contributed by atoms with Crippen LogP contribution in [0, 0.1) is 0 Å². The minimum absolute atomic E-state index is 0.148. The van der Waals surface area contributed by atoms with Gasteiger partial charge in [-0.25, -0.2) is 4.79 Å². The number of nitrogens with one attached hydrogen (secondary N) is 2. The lowest BCUT2D eigenvalue weighted by Crippen LogP contribution is -2.30. The number of rotatable bonds is 7. The van der Waals surface area contributed by atoms with Crippen LogP contribution in [0.1, 0.15) is 10.4 Å². The fourth-order valence-corrected chi connectivity index (χ4v) is 2.23. The number of hydrogen-bond acceptors (Lipinski definition) is 6. The predicted octanol–water partition coefficient (Wildman–Crippen LogP) is 3.00. The first-order valence-electron chi connectivity index (χ1n) is 8.31. The first kappa shape index (κ1) is 22.5. The topological polar surface area (TPSA) is 103 Å². The van der Waals surface area contributed by atoms with Crippen LogP contribution in [0.15, 0.2) is 42.5 Å². The van der Waals surface area contributed by atoms with Gasteiger partial charge in [0.15, 0.2) is 6.61 Å². The lowest BCUT2D eigenvalue weighted by atomic mass is 10.2. The Kier molecular flexibility index (Phi) is 7.23. The molecule has 0 aliphatic rings. The molecule has 0 atom stereocenters. The number of benzene rings is 2. The molecule has 0 saturated heterocycles. The van der Waals surface area contributed by atoms with Crippen molar-refractivity contribution < 1.29 is 41.8 Å². The van der Waals surface area contributed by atoms with Gasteiger partial charge in [0.05, 0.1) is 25.5 Å². The number of carbonyl (C=O) groups excluding carboxylic acids is 3. The summed E-state index contributed by atoms with van der Waals surface area (Å²) in [4.78, 5) is 35.1. The van der Waals surface area contributed by atoms with Gasteiger partial charge in [-0.15, -0.1) is 0 Å². The summed E-state index contributed by atoms with van der Waals surface area (Å²) in [6.45, 7) is -0.660. The minimum Gasteiger partial charge on any atom is -0.497 e. The molecule has 2 rings (SSSR count). The molecule has 30 heavy (non-hydrogen) atoms. The van der Waals surface area contributed by atoms with Gasteiger partial charge in [-0.2, -0.15) is 13.2 Å². The first-order chi connectivity index (χ1) is 14.1. The van der Waals surface area contributed by atoms with E-state index in [2.05, 4.69) is 5.32 Å². The number of anilines is 2. The van der Waals surface area contributed by atoms with Gasteiger partial charge >= 0.3 is 18.1 Å². The molecule has 0 unspecified atom stereocenters. The molecule has 11 heteroatoms. The van der Waals surface area contributed by atoms with Crippen molar-refractivity contribution in [2.75, 3.05) is 31.5 Å². The Morgan fingerprint density at radius 1 is 0.967 bits per heavy atom. The van der Waals surface area contributed by atoms with Crippen LogP contribution in [-0.2, 0) is 14.3 Å². The summed E-state index contributed by atoms with van der Waals surface area (Å²) in [6.07, 6.45) is -5.07. The summed E-state index contributed by atoms with van der Waals surface area (Å²) in [7, 11) is 2.87. The van der Waals surface area contributed by atoms with Crippen molar-refractivity contribution in [2.45, 2.75) is 6.18 Å². The Balaban J connectivity index is 1.96. The maximum atomic E-state index is 12.3. The summed E-state index contributed by atoms with van der Waals surface area (Å²) in [5.41, 5.74) is -0.0831. The van der Waals surface area contributed by atoms with E-state index in [1.165, 1.54) is 38.5 Å². The molecule has 0 heterocycles. The van der Waals surface area contributed by atoms with Crippen LogP contribution >= 0.6 is 0 Å². The fourth-order valence-electron chi connectivity index (χ4n) is 2.23. The monoisotopic (exact) mass is 426 g/mol. The molecule has 2 N–H and O–H groups in total. The highest BCUT2D eigenvalue weighted by molar-refractivity contribution is 5.98. The van der Waals surface area contributed by atoms with Gasteiger partial charge in [0, 0.05) is 11.8 Å². The SMILES string of the molecule is COc1ccc(NC(=O)COC(=O)c2cccc(NC(=O)C(F)(F)F)c2)c(OC)c1. The lowest BCUT2D eigenvalue weighted by Gasteiger charge is -2.12. The molecule has 0 aromatic heterocycles. The fraction of sp³-hybridized carbons (Fsp3) is 0.211. The van der Waals surface area contributed by atoms with E-state index >= 15 is 0 Å². The molecular formula is C19H17F3N2O6. The number of ether oxygens (including phenoxy) is 3. The quantitative estimate of drug-likeness (QED) is 0.660. The Morgan fingerprint density at radius 2 is 1.70 bits per heavy atom. The van der Waals surface area contributed by atoms with E-state index in [0.29, 0.717) is 17.2 Å². The molecule has 0 radical (unpaired) electrons. The second kappa shape index (κ2) is 9.63. The zero-order valence-corrected chi connectivity index (χ0v) is 15.8. The highest BCUT2D eigenvalue weighted by Gasteiger charge is 2.38. The lowest BCUT2D eigenvalue weighted by molar-refractivity contribution is -0.167. The van der Waals surface area contributed by atoms with Crippen LogP contribution in [-0.4, -0.2) is 44.8 Å². The van der Waals surface area contributed by atoms with Gasteiger partial charge in [-0.1, -0.05) is 6.07 Å². The third-order valence-electron chi connectivity index (χ3n) is 3.63.